The standard InChI is InChI=1S/C16H20N2O/c1-11-3-8-15(16(19)9-11)18-14-6-4-13(5-7-14)12(2)10-17/h3-9,12,18-19H,10,17H2,1-2H3. The van der Waals surface area contributed by atoms with E-state index in [1.165, 1.54) is 5.56 Å². The number of nitrogens with one attached hydrogen (secondary N) is 1. The largest absolute Gasteiger partial charge is 0.506 e. The van der Waals surface area contributed by atoms with Crippen LogP contribution in [0.3, 0.4) is 0 Å². The summed E-state index contributed by atoms with van der Waals surface area (Å²) in [5, 5.41) is 13.1. The highest BCUT2D eigenvalue weighted by atomic mass is 16.3. The van der Waals surface area contributed by atoms with Gasteiger partial charge in [-0.1, -0.05) is 25.1 Å². The van der Waals surface area contributed by atoms with Crippen molar-refractivity contribution in [2.24, 2.45) is 5.73 Å². The molecule has 3 nitrogen and oxygen atoms in total. The predicted octanol–water partition coefficient (Wildman–Crippen LogP) is 3.51. The quantitative estimate of drug-likeness (QED) is 0.734. The second-order valence-electron chi connectivity index (χ2n) is 4.90. The smallest absolute Gasteiger partial charge is 0.139 e. The van der Waals surface area contributed by atoms with Crippen molar-refractivity contribution in [2.45, 2.75) is 19.8 Å². The van der Waals surface area contributed by atoms with Gasteiger partial charge in [0.15, 0.2) is 0 Å². The topological polar surface area (TPSA) is 58.3 Å². The van der Waals surface area contributed by atoms with Gasteiger partial charge in [-0.15, -0.1) is 0 Å². The highest BCUT2D eigenvalue weighted by molar-refractivity contribution is 5.66. The monoisotopic (exact) mass is 256 g/mol. The Kier molecular flexibility index (Phi) is 4.07. The van der Waals surface area contributed by atoms with Gasteiger partial charge < -0.3 is 16.2 Å². The van der Waals surface area contributed by atoms with Gasteiger partial charge >= 0.3 is 0 Å². The molecule has 0 saturated heterocycles. The molecule has 2 aromatic carbocycles. The molecule has 0 heterocycles. The maximum atomic E-state index is 9.85. The molecule has 0 fully saturated rings. The van der Waals surface area contributed by atoms with Gasteiger partial charge in [-0.2, -0.15) is 0 Å². The zero-order valence-electron chi connectivity index (χ0n) is 11.4. The zero-order valence-corrected chi connectivity index (χ0v) is 11.4. The molecular weight excluding hydrogens is 236 g/mol. The van der Waals surface area contributed by atoms with Gasteiger partial charge in [0, 0.05) is 5.69 Å². The number of rotatable bonds is 4. The van der Waals surface area contributed by atoms with Crippen LogP contribution in [0.1, 0.15) is 24.0 Å². The number of aryl methyl sites for hydroxylation is 1. The molecule has 1 unspecified atom stereocenters. The van der Waals surface area contributed by atoms with Crippen LogP contribution in [-0.2, 0) is 0 Å². The average molecular weight is 256 g/mol. The first-order valence-corrected chi connectivity index (χ1v) is 6.47. The second kappa shape index (κ2) is 5.76. The van der Waals surface area contributed by atoms with Crippen molar-refractivity contribution in [1.82, 2.24) is 0 Å². The minimum absolute atomic E-state index is 0.263. The highest BCUT2D eigenvalue weighted by Crippen LogP contribution is 2.28. The maximum absolute atomic E-state index is 9.85. The lowest BCUT2D eigenvalue weighted by atomic mass is 10.0. The Morgan fingerprint density at radius 3 is 2.42 bits per heavy atom. The number of benzene rings is 2. The van der Waals surface area contributed by atoms with Crippen molar-refractivity contribution in [1.29, 1.82) is 0 Å². The molecular formula is C16H20N2O. The Morgan fingerprint density at radius 1 is 1.16 bits per heavy atom. The first-order valence-electron chi connectivity index (χ1n) is 6.47. The van der Waals surface area contributed by atoms with E-state index < -0.39 is 0 Å². The summed E-state index contributed by atoms with van der Waals surface area (Å²) >= 11 is 0. The van der Waals surface area contributed by atoms with E-state index in [1.807, 2.05) is 31.2 Å². The van der Waals surface area contributed by atoms with Crippen LogP contribution in [0.5, 0.6) is 5.75 Å². The van der Waals surface area contributed by atoms with Crippen molar-refractivity contribution in [3.8, 4) is 5.75 Å². The van der Waals surface area contributed by atoms with Crippen molar-refractivity contribution in [2.75, 3.05) is 11.9 Å². The lowest BCUT2D eigenvalue weighted by molar-refractivity contribution is 0.477. The van der Waals surface area contributed by atoms with Gasteiger partial charge in [-0.25, -0.2) is 0 Å². The van der Waals surface area contributed by atoms with Crippen molar-refractivity contribution in [3.05, 3.63) is 53.6 Å². The fraction of sp³-hybridized carbons (Fsp3) is 0.250. The minimum atomic E-state index is 0.263. The van der Waals surface area contributed by atoms with E-state index in [0.29, 0.717) is 18.2 Å². The third kappa shape index (κ3) is 3.26. The molecule has 2 aromatic rings. The molecule has 0 aliphatic carbocycles. The molecule has 0 radical (unpaired) electrons. The third-order valence-corrected chi connectivity index (χ3v) is 3.27. The van der Waals surface area contributed by atoms with Crippen molar-refractivity contribution < 1.29 is 5.11 Å². The Hall–Kier alpha value is -2.00. The first kappa shape index (κ1) is 13.4. The Balaban J connectivity index is 2.15. The third-order valence-electron chi connectivity index (χ3n) is 3.27. The zero-order chi connectivity index (χ0) is 13.8. The second-order valence-corrected chi connectivity index (χ2v) is 4.90. The van der Waals surface area contributed by atoms with E-state index in [-0.39, 0.29) is 5.75 Å². The minimum Gasteiger partial charge on any atom is -0.506 e. The molecule has 100 valence electrons. The van der Waals surface area contributed by atoms with Crippen LogP contribution >= 0.6 is 0 Å². The first-order chi connectivity index (χ1) is 9.10. The van der Waals surface area contributed by atoms with E-state index in [2.05, 4.69) is 24.4 Å². The van der Waals surface area contributed by atoms with Crippen LogP contribution in [0.15, 0.2) is 42.5 Å². The lowest BCUT2D eigenvalue weighted by Crippen LogP contribution is -2.08. The van der Waals surface area contributed by atoms with Crippen LogP contribution < -0.4 is 11.1 Å². The summed E-state index contributed by atoms with van der Waals surface area (Å²) in [6, 6.07) is 13.7. The summed E-state index contributed by atoms with van der Waals surface area (Å²) in [6.07, 6.45) is 0. The molecule has 0 aliphatic rings. The molecule has 4 N–H and O–H groups in total. The van der Waals surface area contributed by atoms with Crippen molar-refractivity contribution >= 4 is 11.4 Å². The van der Waals surface area contributed by atoms with E-state index >= 15 is 0 Å². The van der Waals surface area contributed by atoms with Crippen LogP contribution in [0, 0.1) is 6.92 Å². The number of nitrogens with two attached hydrogens (primary N) is 1. The number of anilines is 2. The Labute approximate surface area is 114 Å². The average Bonchev–Trinajstić information content (AvgIpc) is 2.42. The Morgan fingerprint density at radius 2 is 1.84 bits per heavy atom. The van der Waals surface area contributed by atoms with E-state index in [4.69, 9.17) is 5.73 Å². The predicted molar refractivity (Wildman–Crippen MR) is 80.0 cm³/mol. The fourth-order valence-corrected chi connectivity index (χ4v) is 1.93. The molecule has 0 aromatic heterocycles. The molecule has 0 aliphatic heterocycles. The summed E-state index contributed by atoms with van der Waals surface area (Å²) in [5.74, 6) is 0.626. The SMILES string of the molecule is Cc1ccc(Nc2ccc(C(C)CN)cc2)c(O)c1. The van der Waals surface area contributed by atoms with Gasteiger partial charge in [0.25, 0.3) is 0 Å². The number of aromatic hydroxyl groups is 1. The molecule has 19 heavy (non-hydrogen) atoms. The maximum Gasteiger partial charge on any atom is 0.139 e. The number of phenols is 1. The van der Waals surface area contributed by atoms with Crippen LogP contribution in [0.25, 0.3) is 0 Å². The van der Waals surface area contributed by atoms with E-state index in [1.54, 1.807) is 6.07 Å². The summed E-state index contributed by atoms with van der Waals surface area (Å²) in [5.41, 5.74) is 9.58. The molecule has 0 saturated carbocycles. The molecule has 2 rings (SSSR count). The highest BCUT2D eigenvalue weighted by Gasteiger charge is 2.04. The summed E-state index contributed by atoms with van der Waals surface area (Å²) in [4.78, 5) is 0. The number of phenolic OH excluding ortho intramolecular Hbond substituents is 1. The number of hydrogen-bond donors (Lipinski definition) is 3. The molecule has 0 amide bonds. The normalized spacial score (nSPS) is 12.2. The molecule has 3 heteroatoms. The lowest BCUT2D eigenvalue weighted by Gasteiger charge is -2.12. The van der Waals surface area contributed by atoms with Gasteiger partial charge in [0.2, 0.25) is 0 Å². The Bertz CT molecular complexity index is 549. The fourth-order valence-electron chi connectivity index (χ4n) is 1.93. The van der Waals surface area contributed by atoms with Crippen molar-refractivity contribution in [3.63, 3.8) is 0 Å². The molecule has 1 atom stereocenters. The summed E-state index contributed by atoms with van der Waals surface area (Å²) in [6.45, 7) is 4.70. The van der Waals surface area contributed by atoms with Crippen LogP contribution in [0.4, 0.5) is 11.4 Å². The summed E-state index contributed by atoms with van der Waals surface area (Å²) in [7, 11) is 0. The van der Waals surface area contributed by atoms with Gasteiger partial charge in [-0.3, -0.25) is 0 Å². The van der Waals surface area contributed by atoms with Gasteiger partial charge in [-0.05, 0) is 54.8 Å². The van der Waals surface area contributed by atoms with Gasteiger partial charge in [0.1, 0.15) is 5.75 Å². The van der Waals surface area contributed by atoms with Gasteiger partial charge in [0.05, 0.1) is 5.69 Å². The van der Waals surface area contributed by atoms with Crippen LogP contribution in [-0.4, -0.2) is 11.7 Å². The van der Waals surface area contributed by atoms with Crippen LogP contribution in [0.2, 0.25) is 0 Å². The molecule has 0 bridgehead atoms. The van der Waals surface area contributed by atoms with E-state index in [9.17, 15) is 5.11 Å². The van der Waals surface area contributed by atoms with E-state index in [0.717, 1.165) is 11.3 Å². The molecule has 0 spiro atoms. The summed E-state index contributed by atoms with van der Waals surface area (Å²) < 4.78 is 0. The number of hydrogen-bond acceptors (Lipinski definition) is 3.